The molecule has 0 aliphatic heterocycles. The van der Waals surface area contributed by atoms with Gasteiger partial charge in [0.15, 0.2) is 0 Å². The topological polar surface area (TPSA) is 13.1 Å². The molecule has 17 rings (SSSR count). The highest BCUT2D eigenvalue weighted by Gasteiger charge is 2.45. The fourth-order valence-electron chi connectivity index (χ4n) is 23.0. The smallest absolute Gasteiger partial charge is 0.0544 e. The van der Waals surface area contributed by atoms with E-state index < -0.39 is 0 Å². The van der Waals surface area contributed by atoms with Crippen molar-refractivity contribution in [2.75, 3.05) is 4.90 Å². The lowest BCUT2D eigenvalue weighted by Gasteiger charge is -2.33. The summed E-state index contributed by atoms with van der Waals surface area (Å²) in [4.78, 5) is 2.43. The Morgan fingerprint density at radius 3 is 1.03 bits per heavy atom. The van der Waals surface area contributed by atoms with E-state index in [1.807, 2.05) is 0 Å². The van der Waals surface area contributed by atoms with Gasteiger partial charge in [0.25, 0.3) is 0 Å². The maximum Gasteiger partial charge on any atom is 0.0544 e. The maximum absolute atomic E-state index is 2.85. The molecule has 3 nitrogen and oxygen atoms in total. The predicted molar refractivity (Wildman–Crippen MR) is 561 cm³/mol. The van der Waals surface area contributed by atoms with Crippen molar-refractivity contribution in [2.45, 2.75) is 310 Å². The molecule has 15 aromatic rings. The van der Waals surface area contributed by atoms with Gasteiger partial charge < -0.3 is 14.0 Å². The Morgan fingerprint density at radius 1 is 0.225 bits per heavy atom. The lowest BCUT2D eigenvalue weighted by molar-refractivity contribution is 0.398. The summed E-state index contributed by atoms with van der Waals surface area (Å²) in [5, 5.41) is 5.36. The van der Waals surface area contributed by atoms with Crippen LogP contribution in [0.25, 0.3) is 122 Å². The largest absolute Gasteiger partial charge is 0.311 e. The minimum atomic E-state index is -0.209. The zero-order chi connectivity index (χ0) is 88.5. The minimum Gasteiger partial charge on any atom is -0.311 e. The number of hydrogen-bond acceptors (Lipinski definition) is 1. The summed E-state index contributed by atoms with van der Waals surface area (Å²) in [5.74, 6) is 0. The molecule has 0 spiro atoms. The molecule has 0 saturated carbocycles. The van der Waals surface area contributed by atoms with Crippen molar-refractivity contribution in [1.29, 1.82) is 0 Å². The van der Waals surface area contributed by atoms with Crippen LogP contribution in [0.2, 0.25) is 0 Å². The molecule has 0 atom stereocenters. The molecular weight excluding hydrogens is 1560 g/mol. The molecule has 0 bridgehead atoms. The first-order chi connectivity index (χ1) is 63.6. The van der Waals surface area contributed by atoms with Crippen molar-refractivity contribution in [2.24, 2.45) is 0 Å². The molecule has 13 aromatic carbocycles. The first-order valence-electron chi connectivity index (χ1n) is 51.5. The summed E-state index contributed by atoms with van der Waals surface area (Å²) in [5.41, 5.74) is 39.0. The third-order valence-corrected chi connectivity index (χ3v) is 30.0. The van der Waals surface area contributed by atoms with E-state index in [9.17, 15) is 0 Å². The predicted octanol–water partition coefficient (Wildman–Crippen LogP) is 38.4. The molecular formula is C126H145N3. The van der Waals surface area contributed by atoms with Crippen molar-refractivity contribution in [3.05, 3.63) is 317 Å². The van der Waals surface area contributed by atoms with Gasteiger partial charge in [0.2, 0.25) is 0 Å². The van der Waals surface area contributed by atoms with Crippen molar-refractivity contribution >= 4 is 60.7 Å². The highest BCUT2D eigenvalue weighted by Crippen LogP contribution is 2.60. The van der Waals surface area contributed by atoms with Crippen LogP contribution in [0, 0.1) is 13.8 Å². The van der Waals surface area contributed by atoms with Gasteiger partial charge in [-0.15, -0.1) is 0 Å². The van der Waals surface area contributed by atoms with Crippen LogP contribution >= 0.6 is 0 Å². The number of benzene rings is 13. The van der Waals surface area contributed by atoms with Gasteiger partial charge in [0, 0.05) is 60.8 Å². The molecule has 3 heteroatoms. The van der Waals surface area contributed by atoms with E-state index in [4.69, 9.17) is 0 Å². The Bertz CT molecular complexity index is 6180. The average Bonchev–Trinajstić information content (AvgIpc) is 1.54. The van der Waals surface area contributed by atoms with E-state index in [-0.39, 0.29) is 10.8 Å². The van der Waals surface area contributed by atoms with Crippen LogP contribution in [-0.2, 0) is 23.7 Å². The van der Waals surface area contributed by atoms with Crippen molar-refractivity contribution < 1.29 is 0 Å². The normalized spacial score (nSPS) is 13.0. The number of fused-ring (bicyclic) bond motifs is 12. The molecule has 129 heavy (non-hydrogen) atoms. The van der Waals surface area contributed by atoms with Gasteiger partial charge in [0.1, 0.15) is 0 Å². The number of aromatic nitrogens is 2. The molecule has 2 heterocycles. The van der Waals surface area contributed by atoms with E-state index in [2.05, 4.69) is 342 Å². The van der Waals surface area contributed by atoms with Gasteiger partial charge in [-0.2, -0.15) is 0 Å². The summed E-state index contributed by atoms with van der Waals surface area (Å²) in [6, 6.07) is 108. The Kier molecular flexibility index (Phi) is 30.0. The van der Waals surface area contributed by atoms with E-state index >= 15 is 0 Å². The molecule has 0 fully saturated rings. The van der Waals surface area contributed by atoms with E-state index in [0.717, 1.165) is 55.6 Å². The summed E-state index contributed by atoms with van der Waals surface area (Å²) < 4.78 is 5.49. The zero-order valence-corrected chi connectivity index (χ0v) is 79.7. The Morgan fingerprint density at radius 2 is 0.566 bits per heavy atom. The Hall–Kier alpha value is -10.7. The van der Waals surface area contributed by atoms with Gasteiger partial charge in [-0.3, -0.25) is 0 Å². The van der Waals surface area contributed by atoms with Crippen LogP contribution in [0.5, 0.6) is 0 Å². The third-order valence-electron chi connectivity index (χ3n) is 30.0. The van der Waals surface area contributed by atoms with E-state index in [1.165, 1.54) is 349 Å². The van der Waals surface area contributed by atoms with Gasteiger partial charge in [0.05, 0.1) is 22.1 Å². The summed E-state index contributed by atoms with van der Waals surface area (Å²) in [7, 11) is 0. The summed E-state index contributed by atoms with van der Waals surface area (Å²) in [6.07, 6.45) is 47.4. The minimum absolute atomic E-state index is 0.0629. The van der Waals surface area contributed by atoms with Crippen LogP contribution in [0.3, 0.4) is 0 Å². The van der Waals surface area contributed by atoms with Crippen LogP contribution < -0.4 is 4.90 Å². The maximum atomic E-state index is 2.85. The first kappa shape index (κ1) is 90.2. The van der Waals surface area contributed by atoms with E-state index in [1.54, 1.807) is 22.3 Å². The molecule has 2 aliphatic rings. The molecule has 664 valence electrons. The molecule has 2 aromatic heterocycles. The average molecular weight is 1700 g/mol. The highest BCUT2D eigenvalue weighted by atomic mass is 15.1. The summed E-state index contributed by atoms with van der Waals surface area (Å²) >= 11 is 0. The number of rotatable bonds is 47. The van der Waals surface area contributed by atoms with Crippen molar-refractivity contribution in [3.8, 4) is 78.1 Å². The quantitative estimate of drug-likeness (QED) is 0.0347. The van der Waals surface area contributed by atoms with Gasteiger partial charge in [-0.1, -0.05) is 403 Å². The Labute approximate surface area is 775 Å². The van der Waals surface area contributed by atoms with Gasteiger partial charge >= 0.3 is 0 Å². The number of nitrogens with zero attached hydrogens (tertiary/aromatic N) is 3. The molecule has 0 amide bonds. The summed E-state index contributed by atoms with van der Waals surface area (Å²) in [6.45, 7) is 18.8. The fourth-order valence-corrected chi connectivity index (χ4v) is 23.0. The second kappa shape index (κ2) is 42.9. The number of hydrogen-bond donors (Lipinski definition) is 0. The molecule has 0 N–H and O–H groups in total. The molecule has 2 aliphatic carbocycles. The second-order valence-electron chi connectivity index (χ2n) is 39.1. The molecule has 0 unspecified atom stereocenters. The van der Waals surface area contributed by atoms with Crippen molar-refractivity contribution in [1.82, 2.24) is 9.13 Å². The van der Waals surface area contributed by atoms with Crippen LogP contribution in [0.15, 0.2) is 273 Å². The lowest BCUT2D eigenvalue weighted by atomic mass is 9.70. The molecule has 0 saturated heterocycles. The monoisotopic (exact) mass is 1700 g/mol. The van der Waals surface area contributed by atoms with Gasteiger partial charge in [-0.25, -0.2) is 0 Å². The van der Waals surface area contributed by atoms with Crippen LogP contribution in [0.1, 0.15) is 317 Å². The zero-order valence-electron chi connectivity index (χ0n) is 79.7. The lowest BCUT2D eigenvalue weighted by Crippen LogP contribution is -2.26. The van der Waals surface area contributed by atoms with Crippen LogP contribution in [0.4, 0.5) is 17.1 Å². The highest BCUT2D eigenvalue weighted by molar-refractivity contribution is 6.15. The Balaban J connectivity index is 0.865. The number of aryl methyl sites for hydroxylation is 4. The number of anilines is 3. The van der Waals surface area contributed by atoms with Crippen molar-refractivity contribution in [3.63, 3.8) is 0 Å². The van der Waals surface area contributed by atoms with E-state index in [0.29, 0.717) is 0 Å². The number of unbranched alkanes of at least 4 members (excludes halogenated alkanes) is 26. The SMILES string of the molecule is CCCCCCCCC1(CCCCCCCC)c2cc(-c3cc(CCCCCC)c(-n4c5ccc(-c6ccccc6)cc5c5cc6c(cc54)C(CCCCCCCC)(CCCCCCCC)c4cc(C)ccc4-6)cc3CCCCCC)ccc2-c2cc3c4cc(-c5ccccc5)ccc4n(-c4ccc(N(c5ccc(C)cc5)c5ccc(-c6ccccc6)cc5)cc4)c3cc21. The fraction of sp³-hybridized carbons (Fsp3) is 0.381. The second-order valence-corrected chi connectivity index (χ2v) is 39.1. The third kappa shape index (κ3) is 19.4. The van der Waals surface area contributed by atoms with Gasteiger partial charge in [-0.05, 0) is 281 Å². The first-order valence-corrected chi connectivity index (χ1v) is 51.5. The standard InChI is InChI=1S/C126H145N3/c1-9-15-21-27-31-46-78-125(79-47-32-28-22-16-10-2)116-82-93(8)60-74-107(116)110-89-115-113-84-99(96-54-44-37-45-55-96)65-77-121(113)129(124(115)91-119(110)125)122-87-100(56-38-25-19-13-5)109(85-102(122)57-39-26-20-14-6)101-63-75-108-111-88-114-112-83-98(95-52-42-36-43-53-95)64-76-120(112)128(123(114)90-118(111)126(117(108)86-101,80-48-33-29-23-17-11-3)81-49-34-30-24-18-12-4)106-72-70-105(71-73-106)127(103-66-58-92(7)59-67-103)104-68-61-97(62-69-104)94-50-40-35-41-51-94/h35-37,40-45,50-55,58-77,82-91H,9-34,38-39,46-49,56-57,78-81H2,1-8H3. The molecule has 0 radical (unpaired) electrons. The van der Waals surface area contributed by atoms with Crippen LogP contribution in [-0.4, -0.2) is 9.13 Å².